The number of carbonyl (C=O) groups is 1. The molecule has 1 N–H and O–H groups in total. The van der Waals surface area contributed by atoms with E-state index in [0.717, 1.165) is 30.4 Å². The minimum absolute atomic E-state index is 0.144. The summed E-state index contributed by atoms with van der Waals surface area (Å²) >= 11 is 9.47. The minimum Gasteiger partial charge on any atom is -0.470 e. The molecule has 1 fully saturated rings. The van der Waals surface area contributed by atoms with Gasteiger partial charge >= 0.3 is 0 Å². The van der Waals surface area contributed by atoms with Gasteiger partial charge in [0.15, 0.2) is 6.73 Å². The Labute approximate surface area is 160 Å². The number of ether oxygens (including phenoxy) is 1. The fourth-order valence-electron chi connectivity index (χ4n) is 2.69. The van der Waals surface area contributed by atoms with Crippen LogP contribution in [0.15, 0.2) is 34.9 Å². The smallest absolute Gasteiger partial charge is 0.271 e. The maximum absolute atomic E-state index is 12.3. The molecule has 1 aliphatic rings. The number of hydrogen-bond donors (Lipinski definition) is 1. The van der Waals surface area contributed by atoms with Crippen LogP contribution in [0.3, 0.4) is 0 Å². The molecule has 0 atom stereocenters. The van der Waals surface area contributed by atoms with E-state index in [0.29, 0.717) is 16.5 Å². The number of aromatic nitrogens is 2. The highest BCUT2D eigenvalue weighted by Gasteiger charge is 2.20. The van der Waals surface area contributed by atoms with E-state index in [1.165, 1.54) is 0 Å². The second-order valence-electron chi connectivity index (χ2n) is 6.14. The van der Waals surface area contributed by atoms with Gasteiger partial charge in [-0.05, 0) is 57.2 Å². The number of hydrogen-bond acceptors (Lipinski definition) is 4. The highest BCUT2D eigenvalue weighted by molar-refractivity contribution is 9.10. The molecule has 0 saturated carbocycles. The second-order valence-corrected chi connectivity index (χ2v) is 7.46. The Morgan fingerprint density at radius 2 is 2.16 bits per heavy atom. The number of likely N-dealkylation sites (tertiary alicyclic amines) is 1. The zero-order chi connectivity index (χ0) is 17.8. The fourth-order valence-corrected chi connectivity index (χ4v) is 3.42. The van der Waals surface area contributed by atoms with E-state index in [4.69, 9.17) is 16.3 Å². The topological polar surface area (TPSA) is 59.4 Å². The molecule has 1 saturated heterocycles. The van der Waals surface area contributed by atoms with Gasteiger partial charge < -0.3 is 15.0 Å². The molecule has 6 nitrogen and oxygen atoms in total. The first-order valence-electron chi connectivity index (χ1n) is 8.12. The third kappa shape index (κ3) is 4.96. The molecule has 0 bridgehead atoms. The normalized spacial score (nSPS) is 16.0. The van der Waals surface area contributed by atoms with Gasteiger partial charge in [0.1, 0.15) is 11.4 Å². The number of halogens is 2. The van der Waals surface area contributed by atoms with Crippen LogP contribution in [0.4, 0.5) is 0 Å². The Morgan fingerprint density at radius 3 is 2.88 bits per heavy atom. The van der Waals surface area contributed by atoms with Gasteiger partial charge in [-0.15, -0.1) is 0 Å². The highest BCUT2D eigenvalue weighted by Crippen LogP contribution is 2.27. The summed E-state index contributed by atoms with van der Waals surface area (Å²) in [7, 11) is 2.09. The van der Waals surface area contributed by atoms with Crippen molar-refractivity contribution in [1.29, 1.82) is 0 Å². The van der Waals surface area contributed by atoms with Gasteiger partial charge in [0, 0.05) is 16.7 Å². The van der Waals surface area contributed by atoms with Crippen LogP contribution in [-0.4, -0.2) is 46.8 Å². The molecule has 0 radical (unpaired) electrons. The van der Waals surface area contributed by atoms with Gasteiger partial charge in [-0.3, -0.25) is 4.79 Å². The number of piperidine rings is 1. The van der Waals surface area contributed by atoms with E-state index in [1.54, 1.807) is 29.1 Å². The van der Waals surface area contributed by atoms with Crippen molar-refractivity contribution in [1.82, 2.24) is 20.0 Å². The van der Waals surface area contributed by atoms with Crippen LogP contribution in [0.2, 0.25) is 5.02 Å². The monoisotopic (exact) mass is 426 g/mol. The van der Waals surface area contributed by atoms with Gasteiger partial charge in [-0.1, -0.05) is 27.5 Å². The summed E-state index contributed by atoms with van der Waals surface area (Å²) < 4.78 is 8.10. The van der Waals surface area contributed by atoms with Crippen molar-refractivity contribution in [2.45, 2.75) is 25.6 Å². The van der Waals surface area contributed by atoms with E-state index >= 15 is 0 Å². The van der Waals surface area contributed by atoms with Gasteiger partial charge in [0.25, 0.3) is 5.91 Å². The van der Waals surface area contributed by atoms with Crippen molar-refractivity contribution >= 4 is 33.4 Å². The largest absolute Gasteiger partial charge is 0.470 e. The average molecular weight is 428 g/mol. The van der Waals surface area contributed by atoms with Crippen molar-refractivity contribution in [3.05, 3.63) is 45.7 Å². The van der Waals surface area contributed by atoms with Crippen LogP contribution in [-0.2, 0) is 6.73 Å². The first-order valence-corrected chi connectivity index (χ1v) is 9.29. The average Bonchev–Trinajstić information content (AvgIpc) is 3.05. The molecule has 1 aromatic carbocycles. The van der Waals surface area contributed by atoms with Crippen molar-refractivity contribution in [3.8, 4) is 5.75 Å². The molecule has 1 amide bonds. The number of benzene rings is 1. The molecule has 0 aliphatic carbocycles. The lowest BCUT2D eigenvalue weighted by atomic mass is 10.1. The van der Waals surface area contributed by atoms with E-state index in [1.807, 2.05) is 6.07 Å². The lowest BCUT2D eigenvalue weighted by Gasteiger charge is -2.29. The third-order valence-corrected chi connectivity index (χ3v) is 4.96. The lowest BCUT2D eigenvalue weighted by Crippen LogP contribution is -2.43. The SMILES string of the molecule is CN1CCC(NC(=O)c2ccn(COc3ccc(Br)cc3Cl)n2)CC1. The number of carbonyl (C=O) groups excluding carboxylic acids is 1. The predicted molar refractivity (Wildman–Crippen MR) is 100.0 cm³/mol. The standard InChI is InChI=1S/C17H20BrClN4O2/c1-22-7-4-13(5-8-22)20-17(24)15-6-9-23(21-15)11-25-16-3-2-12(18)10-14(16)19/h2-3,6,9-10,13H,4-5,7-8,11H2,1H3,(H,20,24). The van der Waals surface area contributed by atoms with Crippen LogP contribution in [0.25, 0.3) is 0 Å². The number of rotatable bonds is 5. The van der Waals surface area contributed by atoms with Gasteiger partial charge in [0.2, 0.25) is 0 Å². The van der Waals surface area contributed by atoms with E-state index in [-0.39, 0.29) is 18.7 Å². The van der Waals surface area contributed by atoms with E-state index in [2.05, 4.69) is 38.3 Å². The Morgan fingerprint density at radius 1 is 1.40 bits per heavy atom. The van der Waals surface area contributed by atoms with Crippen LogP contribution in [0.5, 0.6) is 5.75 Å². The molecule has 0 unspecified atom stereocenters. The maximum Gasteiger partial charge on any atom is 0.271 e. The van der Waals surface area contributed by atoms with Crippen LogP contribution < -0.4 is 10.1 Å². The molecule has 0 spiro atoms. The summed E-state index contributed by atoms with van der Waals surface area (Å²) in [5.41, 5.74) is 0.393. The minimum atomic E-state index is -0.144. The Kier molecular flexibility index (Phi) is 5.98. The van der Waals surface area contributed by atoms with Crippen LogP contribution in [0, 0.1) is 0 Å². The summed E-state index contributed by atoms with van der Waals surface area (Å²) in [4.78, 5) is 14.6. The molecule has 2 aromatic rings. The zero-order valence-electron chi connectivity index (χ0n) is 13.9. The molecular weight excluding hydrogens is 408 g/mol. The Hall–Kier alpha value is -1.57. The number of amides is 1. The van der Waals surface area contributed by atoms with Crippen molar-refractivity contribution in [2.75, 3.05) is 20.1 Å². The first-order chi connectivity index (χ1) is 12.0. The zero-order valence-corrected chi connectivity index (χ0v) is 16.3. The molecule has 2 heterocycles. The molecule has 8 heteroatoms. The fraction of sp³-hybridized carbons (Fsp3) is 0.412. The molecule has 25 heavy (non-hydrogen) atoms. The first kappa shape index (κ1) is 18.2. The molecule has 1 aliphatic heterocycles. The summed E-state index contributed by atoms with van der Waals surface area (Å²) in [6, 6.07) is 7.30. The highest BCUT2D eigenvalue weighted by atomic mass is 79.9. The molecular formula is C17H20BrClN4O2. The molecule has 134 valence electrons. The lowest BCUT2D eigenvalue weighted by molar-refractivity contribution is 0.0909. The van der Waals surface area contributed by atoms with E-state index < -0.39 is 0 Å². The quantitative estimate of drug-likeness (QED) is 0.796. The van der Waals surface area contributed by atoms with Crippen LogP contribution >= 0.6 is 27.5 Å². The molecule has 1 aromatic heterocycles. The van der Waals surface area contributed by atoms with Gasteiger partial charge in [-0.25, -0.2) is 4.68 Å². The predicted octanol–water partition coefficient (Wildman–Crippen LogP) is 3.16. The number of nitrogens with one attached hydrogen (secondary N) is 1. The van der Waals surface area contributed by atoms with Gasteiger partial charge in [-0.2, -0.15) is 5.10 Å². The second kappa shape index (κ2) is 8.21. The summed E-state index contributed by atoms with van der Waals surface area (Å²) in [6.45, 7) is 2.19. The maximum atomic E-state index is 12.3. The third-order valence-electron chi connectivity index (χ3n) is 4.17. The van der Waals surface area contributed by atoms with Crippen molar-refractivity contribution in [2.24, 2.45) is 0 Å². The van der Waals surface area contributed by atoms with Crippen molar-refractivity contribution < 1.29 is 9.53 Å². The van der Waals surface area contributed by atoms with Crippen LogP contribution in [0.1, 0.15) is 23.3 Å². The van der Waals surface area contributed by atoms with Crippen molar-refractivity contribution in [3.63, 3.8) is 0 Å². The Balaban J connectivity index is 1.54. The molecule has 3 rings (SSSR count). The number of nitrogens with zero attached hydrogens (tertiary/aromatic N) is 3. The summed E-state index contributed by atoms with van der Waals surface area (Å²) in [5.74, 6) is 0.424. The van der Waals surface area contributed by atoms with E-state index in [9.17, 15) is 4.79 Å². The Bertz CT molecular complexity index is 744. The summed E-state index contributed by atoms with van der Waals surface area (Å²) in [6.07, 6.45) is 3.65. The summed E-state index contributed by atoms with van der Waals surface area (Å²) in [5, 5.41) is 7.83. The van der Waals surface area contributed by atoms with Gasteiger partial charge in [0.05, 0.1) is 5.02 Å².